The van der Waals surface area contributed by atoms with Crippen molar-refractivity contribution in [3.05, 3.63) is 24.0 Å². The van der Waals surface area contributed by atoms with Crippen molar-refractivity contribution in [3.63, 3.8) is 0 Å². The van der Waals surface area contributed by atoms with E-state index in [2.05, 4.69) is 15.2 Å². The number of methoxy groups -OCH3 is 2. The minimum Gasteiger partial charge on any atom is -0.493 e. The Morgan fingerprint density at radius 2 is 2.10 bits per heavy atom. The molecule has 0 saturated carbocycles. The number of carbonyl (C=O) groups is 1. The number of nitrogens with one attached hydrogen (secondary N) is 1. The molecule has 106 valence electrons. The fraction of sp³-hybridized carbons (Fsp3) is 0.308. The third-order valence-electron chi connectivity index (χ3n) is 2.60. The lowest BCUT2D eigenvalue weighted by Crippen LogP contribution is -2.06. The maximum atomic E-state index is 11.6. The average molecular weight is 277 g/mol. The van der Waals surface area contributed by atoms with E-state index in [0.29, 0.717) is 22.9 Å². The van der Waals surface area contributed by atoms with Crippen molar-refractivity contribution in [2.24, 2.45) is 0 Å². The molecule has 0 spiro atoms. The number of esters is 1. The molecule has 0 aliphatic rings. The molecule has 1 aromatic heterocycles. The van der Waals surface area contributed by atoms with Gasteiger partial charge in [-0.05, 0) is 19.1 Å². The summed E-state index contributed by atoms with van der Waals surface area (Å²) in [7, 11) is 3.07. The van der Waals surface area contributed by atoms with Gasteiger partial charge in [-0.1, -0.05) is 6.07 Å². The van der Waals surface area contributed by atoms with Crippen LogP contribution in [0.4, 0.5) is 0 Å². The van der Waals surface area contributed by atoms with Gasteiger partial charge < -0.3 is 14.2 Å². The van der Waals surface area contributed by atoms with Crippen molar-refractivity contribution in [1.29, 1.82) is 0 Å². The highest BCUT2D eigenvalue weighted by Gasteiger charge is 2.18. The van der Waals surface area contributed by atoms with E-state index in [4.69, 9.17) is 14.2 Å². The zero-order valence-electron chi connectivity index (χ0n) is 11.5. The fourth-order valence-electron chi connectivity index (χ4n) is 1.74. The number of rotatable bonds is 5. The number of aromatic nitrogens is 3. The smallest absolute Gasteiger partial charge is 0.375 e. The van der Waals surface area contributed by atoms with E-state index in [1.807, 2.05) is 0 Å². The highest BCUT2D eigenvalue weighted by Crippen LogP contribution is 2.36. The van der Waals surface area contributed by atoms with Gasteiger partial charge in [0.15, 0.2) is 17.3 Å². The second-order valence-corrected chi connectivity index (χ2v) is 3.77. The number of carbonyl (C=O) groups excluding carboxylic acids is 1. The third-order valence-corrected chi connectivity index (χ3v) is 2.60. The first kappa shape index (κ1) is 13.9. The third kappa shape index (κ3) is 2.56. The molecule has 1 N–H and O–H groups in total. The van der Waals surface area contributed by atoms with Gasteiger partial charge in [-0.25, -0.2) is 9.78 Å². The summed E-state index contributed by atoms with van der Waals surface area (Å²) in [5.74, 6) is 0.903. The van der Waals surface area contributed by atoms with Gasteiger partial charge in [0.2, 0.25) is 5.82 Å². The monoisotopic (exact) mass is 277 g/mol. The zero-order chi connectivity index (χ0) is 14.5. The number of para-hydroxylation sites is 1. The van der Waals surface area contributed by atoms with E-state index in [0.717, 1.165) is 0 Å². The van der Waals surface area contributed by atoms with Crippen LogP contribution in [0.3, 0.4) is 0 Å². The Kier molecular flexibility index (Phi) is 4.19. The molecule has 0 atom stereocenters. The van der Waals surface area contributed by atoms with Crippen molar-refractivity contribution < 1.29 is 19.0 Å². The molecular formula is C13H15N3O4. The van der Waals surface area contributed by atoms with E-state index >= 15 is 0 Å². The SMILES string of the molecule is CCOC(=O)c1nc(-c2cccc(OC)c2OC)n[nH]1. The molecule has 0 radical (unpaired) electrons. The number of benzene rings is 1. The van der Waals surface area contributed by atoms with E-state index in [1.54, 1.807) is 32.2 Å². The second kappa shape index (κ2) is 6.05. The maximum Gasteiger partial charge on any atom is 0.375 e. The van der Waals surface area contributed by atoms with Crippen LogP contribution in [-0.2, 0) is 4.74 Å². The van der Waals surface area contributed by atoms with Crippen LogP contribution in [0.2, 0.25) is 0 Å². The van der Waals surface area contributed by atoms with Crippen LogP contribution >= 0.6 is 0 Å². The zero-order valence-corrected chi connectivity index (χ0v) is 11.5. The van der Waals surface area contributed by atoms with Crippen LogP contribution < -0.4 is 9.47 Å². The first-order valence-corrected chi connectivity index (χ1v) is 6.02. The molecule has 2 aromatic rings. The number of nitrogens with zero attached hydrogens (tertiary/aromatic N) is 2. The summed E-state index contributed by atoms with van der Waals surface area (Å²) in [6.45, 7) is 2.00. The first-order valence-electron chi connectivity index (χ1n) is 6.02. The topological polar surface area (TPSA) is 86.3 Å². The minimum atomic E-state index is -0.548. The van der Waals surface area contributed by atoms with Crippen LogP contribution in [0.15, 0.2) is 18.2 Å². The number of H-pyrrole nitrogens is 1. The van der Waals surface area contributed by atoms with Crippen LogP contribution in [0.25, 0.3) is 11.4 Å². The summed E-state index contributed by atoms with van der Waals surface area (Å²) < 4.78 is 15.4. The molecule has 1 heterocycles. The highest BCUT2D eigenvalue weighted by molar-refractivity contribution is 5.86. The molecule has 1 aromatic carbocycles. The summed E-state index contributed by atoms with van der Waals surface area (Å²) in [4.78, 5) is 15.7. The molecule has 0 aliphatic heterocycles. The molecule has 0 bridgehead atoms. The Hall–Kier alpha value is -2.57. The van der Waals surface area contributed by atoms with Crippen molar-refractivity contribution in [1.82, 2.24) is 15.2 Å². The molecule has 0 amide bonds. The number of hydrogen-bond donors (Lipinski definition) is 1. The second-order valence-electron chi connectivity index (χ2n) is 3.77. The summed E-state index contributed by atoms with van der Waals surface area (Å²) >= 11 is 0. The summed E-state index contributed by atoms with van der Waals surface area (Å²) in [5, 5.41) is 6.55. The van der Waals surface area contributed by atoms with E-state index < -0.39 is 5.97 Å². The fourth-order valence-corrected chi connectivity index (χ4v) is 1.74. The Bertz CT molecular complexity index is 609. The van der Waals surface area contributed by atoms with Crippen molar-refractivity contribution in [3.8, 4) is 22.9 Å². The molecule has 0 aliphatic carbocycles. The lowest BCUT2D eigenvalue weighted by Gasteiger charge is -2.09. The van der Waals surface area contributed by atoms with Gasteiger partial charge in [0.25, 0.3) is 0 Å². The number of aromatic amines is 1. The van der Waals surface area contributed by atoms with Crippen molar-refractivity contribution in [2.45, 2.75) is 6.92 Å². The van der Waals surface area contributed by atoms with Gasteiger partial charge in [0.1, 0.15) is 0 Å². The lowest BCUT2D eigenvalue weighted by atomic mass is 10.1. The molecular weight excluding hydrogens is 262 g/mol. The van der Waals surface area contributed by atoms with Crippen LogP contribution in [0.5, 0.6) is 11.5 Å². The Labute approximate surface area is 115 Å². The molecule has 0 fully saturated rings. The minimum absolute atomic E-state index is 0.0479. The maximum absolute atomic E-state index is 11.6. The molecule has 2 rings (SSSR count). The Morgan fingerprint density at radius 1 is 1.30 bits per heavy atom. The molecule has 7 heteroatoms. The van der Waals surface area contributed by atoms with Gasteiger partial charge in [-0.2, -0.15) is 5.10 Å². The van der Waals surface area contributed by atoms with E-state index in [9.17, 15) is 4.79 Å². The van der Waals surface area contributed by atoms with Gasteiger partial charge in [0, 0.05) is 0 Å². The van der Waals surface area contributed by atoms with Crippen LogP contribution in [0.1, 0.15) is 17.5 Å². The van der Waals surface area contributed by atoms with Crippen molar-refractivity contribution in [2.75, 3.05) is 20.8 Å². The lowest BCUT2D eigenvalue weighted by molar-refractivity contribution is 0.0512. The molecule has 0 unspecified atom stereocenters. The molecule has 0 saturated heterocycles. The highest BCUT2D eigenvalue weighted by atomic mass is 16.5. The quantitative estimate of drug-likeness (QED) is 0.836. The number of ether oxygens (including phenoxy) is 3. The van der Waals surface area contributed by atoms with Gasteiger partial charge in [-0.15, -0.1) is 0 Å². The predicted molar refractivity (Wildman–Crippen MR) is 70.9 cm³/mol. The Balaban J connectivity index is 2.40. The molecule has 20 heavy (non-hydrogen) atoms. The van der Waals surface area contributed by atoms with Crippen LogP contribution in [0, 0.1) is 0 Å². The summed E-state index contributed by atoms with van der Waals surface area (Å²) in [5.41, 5.74) is 0.624. The average Bonchev–Trinajstić information content (AvgIpc) is 2.96. The van der Waals surface area contributed by atoms with Gasteiger partial charge >= 0.3 is 5.97 Å². The van der Waals surface area contributed by atoms with Gasteiger partial charge in [-0.3, -0.25) is 5.10 Å². The van der Waals surface area contributed by atoms with Crippen LogP contribution in [-0.4, -0.2) is 42.0 Å². The van der Waals surface area contributed by atoms with E-state index in [1.165, 1.54) is 7.11 Å². The van der Waals surface area contributed by atoms with E-state index in [-0.39, 0.29) is 12.4 Å². The van der Waals surface area contributed by atoms with Gasteiger partial charge in [0.05, 0.1) is 26.4 Å². The summed E-state index contributed by atoms with van der Waals surface area (Å²) in [6, 6.07) is 5.33. The number of hydrogen-bond acceptors (Lipinski definition) is 6. The largest absolute Gasteiger partial charge is 0.493 e. The van der Waals surface area contributed by atoms with Crippen molar-refractivity contribution >= 4 is 5.97 Å². The standard InChI is InChI=1S/C13H15N3O4/c1-4-20-13(17)12-14-11(15-16-12)8-6-5-7-9(18-2)10(8)19-3/h5-7H,4H2,1-3H3,(H,14,15,16). The normalized spacial score (nSPS) is 10.2. The molecule has 7 nitrogen and oxygen atoms in total. The predicted octanol–water partition coefficient (Wildman–Crippen LogP) is 1.67. The first-order chi connectivity index (χ1) is 9.71. The summed E-state index contributed by atoms with van der Waals surface area (Å²) in [6.07, 6.45) is 0. The Morgan fingerprint density at radius 3 is 2.75 bits per heavy atom.